The number of rotatable bonds is 7. The minimum atomic E-state index is -2.05. The van der Waals surface area contributed by atoms with Gasteiger partial charge in [0.2, 0.25) is 11.8 Å². The molecule has 3 amide bonds. The zero-order valence-electron chi connectivity index (χ0n) is 18.1. The number of aliphatic hydroxyl groups is 2. The number of dihydropyridines is 1. The highest BCUT2D eigenvalue weighted by molar-refractivity contribution is 6.26. The third-order valence-corrected chi connectivity index (χ3v) is 6.72. The number of aliphatic carboxylic acids is 1. The summed E-state index contributed by atoms with van der Waals surface area (Å²) >= 11 is 0. The molecule has 176 valence electrons. The van der Waals surface area contributed by atoms with E-state index in [1.54, 1.807) is 0 Å². The molecule has 3 rings (SSSR count). The zero-order chi connectivity index (χ0) is 23.3. The van der Waals surface area contributed by atoms with Crippen molar-refractivity contribution >= 4 is 29.6 Å². The molecule has 1 heterocycles. The van der Waals surface area contributed by atoms with Crippen LogP contribution in [0.5, 0.6) is 0 Å². The van der Waals surface area contributed by atoms with E-state index in [-0.39, 0.29) is 18.4 Å². The van der Waals surface area contributed by atoms with Crippen LogP contribution in [-0.2, 0) is 19.2 Å². The number of aliphatic hydroxyl groups excluding tert-OH is 2. The normalized spacial score (nSPS) is 25.2. The number of carboxylic acids is 1. The van der Waals surface area contributed by atoms with E-state index in [0.717, 1.165) is 64.2 Å². The Morgan fingerprint density at radius 3 is 2.16 bits per heavy atom. The van der Waals surface area contributed by atoms with Gasteiger partial charge in [-0.15, -0.1) is 0 Å². The highest BCUT2D eigenvalue weighted by Gasteiger charge is 2.55. The Balaban J connectivity index is 1.99. The first kappa shape index (κ1) is 23.7. The maximum absolute atomic E-state index is 13.5. The molecule has 3 aliphatic rings. The fourth-order valence-electron chi connectivity index (χ4n) is 4.99. The second kappa shape index (κ2) is 10.1. The number of carbonyl (C=O) groups is 4. The van der Waals surface area contributed by atoms with Crippen LogP contribution in [0.2, 0.25) is 0 Å². The summed E-state index contributed by atoms with van der Waals surface area (Å²) in [7, 11) is 0. The molecule has 0 aromatic carbocycles. The molecule has 2 aliphatic carbocycles. The van der Waals surface area contributed by atoms with Crippen molar-refractivity contribution < 1.29 is 34.5 Å². The number of amides is 3. The molecule has 2 saturated carbocycles. The quantitative estimate of drug-likeness (QED) is 0.370. The van der Waals surface area contributed by atoms with Gasteiger partial charge >= 0.3 is 5.97 Å². The largest absolute Gasteiger partial charge is 0.510 e. The fraction of sp³-hybridized carbons (Fsp3) is 0.682. The van der Waals surface area contributed by atoms with Gasteiger partial charge < -0.3 is 26.0 Å². The molecule has 32 heavy (non-hydrogen) atoms. The Kier molecular flexibility index (Phi) is 7.52. The van der Waals surface area contributed by atoms with E-state index < -0.39 is 52.9 Å². The SMILES string of the molecule is O=C(O)CNC(=O)C1=C(O)C(CC2CCCCC2)(C(=O)NC2CCCCC2)C(O)=NC1=O. The summed E-state index contributed by atoms with van der Waals surface area (Å²) in [6, 6.07) is -0.137. The van der Waals surface area contributed by atoms with E-state index in [0.29, 0.717) is 0 Å². The van der Waals surface area contributed by atoms with Crippen LogP contribution in [0.4, 0.5) is 0 Å². The minimum Gasteiger partial charge on any atom is -0.510 e. The summed E-state index contributed by atoms with van der Waals surface area (Å²) in [6.07, 6.45) is 9.01. The van der Waals surface area contributed by atoms with Gasteiger partial charge in [0.25, 0.3) is 11.8 Å². The third kappa shape index (κ3) is 4.94. The van der Waals surface area contributed by atoms with Gasteiger partial charge in [0.05, 0.1) is 0 Å². The van der Waals surface area contributed by atoms with Crippen molar-refractivity contribution in [1.82, 2.24) is 10.6 Å². The number of nitrogens with one attached hydrogen (secondary N) is 2. The predicted molar refractivity (Wildman–Crippen MR) is 114 cm³/mol. The minimum absolute atomic E-state index is 0.00963. The van der Waals surface area contributed by atoms with E-state index in [9.17, 15) is 29.4 Å². The summed E-state index contributed by atoms with van der Waals surface area (Å²) < 4.78 is 0. The van der Waals surface area contributed by atoms with E-state index >= 15 is 0 Å². The summed E-state index contributed by atoms with van der Waals surface area (Å²) in [5.74, 6) is -6.10. The molecule has 0 bridgehead atoms. The Labute approximate surface area is 186 Å². The molecule has 5 N–H and O–H groups in total. The Morgan fingerprint density at radius 1 is 0.969 bits per heavy atom. The van der Waals surface area contributed by atoms with Gasteiger partial charge in [0, 0.05) is 6.04 Å². The molecule has 0 saturated heterocycles. The molecule has 1 atom stereocenters. The Hall–Kier alpha value is -2.91. The number of hydrogen-bond donors (Lipinski definition) is 5. The van der Waals surface area contributed by atoms with Crippen molar-refractivity contribution in [2.75, 3.05) is 6.54 Å². The van der Waals surface area contributed by atoms with Gasteiger partial charge in [-0.05, 0) is 25.2 Å². The number of hydrogen-bond acceptors (Lipinski definition) is 5. The standard InChI is InChI=1S/C22H31N3O7/c26-15(27)12-23-18(29)16-17(28)22(21(32)25-19(16)30,11-13-7-3-1-4-8-13)20(31)24-14-9-5-2-6-10-14/h13-14,28H,1-12H2,(H,23,29)(H,24,31)(H,26,27)(H,25,30,32). The molecule has 2 fully saturated rings. The second-order valence-corrected chi connectivity index (χ2v) is 8.96. The van der Waals surface area contributed by atoms with Crippen molar-refractivity contribution in [3.05, 3.63) is 11.3 Å². The van der Waals surface area contributed by atoms with E-state index in [1.807, 2.05) is 5.32 Å². The summed E-state index contributed by atoms with van der Waals surface area (Å²) in [6.45, 7) is -0.775. The monoisotopic (exact) mass is 449 g/mol. The second-order valence-electron chi connectivity index (χ2n) is 8.96. The number of nitrogens with zero attached hydrogens (tertiary/aromatic N) is 1. The average Bonchev–Trinajstić information content (AvgIpc) is 2.76. The van der Waals surface area contributed by atoms with Crippen molar-refractivity contribution in [2.24, 2.45) is 16.3 Å². The van der Waals surface area contributed by atoms with Crippen molar-refractivity contribution in [1.29, 1.82) is 0 Å². The molecular formula is C22H31N3O7. The summed E-state index contributed by atoms with van der Waals surface area (Å²) in [5.41, 5.74) is -2.86. The highest BCUT2D eigenvalue weighted by Crippen LogP contribution is 2.43. The van der Waals surface area contributed by atoms with Crippen LogP contribution in [0.1, 0.15) is 70.6 Å². The lowest BCUT2D eigenvalue weighted by molar-refractivity contribution is -0.138. The maximum atomic E-state index is 13.5. The number of carbonyl (C=O) groups excluding carboxylic acids is 3. The zero-order valence-corrected chi connectivity index (χ0v) is 18.1. The molecule has 1 aliphatic heterocycles. The van der Waals surface area contributed by atoms with Gasteiger partial charge in [-0.2, -0.15) is 4.99 Å². The smallest absolute Gasteiger partial charge is 0.322 e. The van der Waals surface area contributed by atoms with E-state index in [4.69, 9.17) is 5.11 Å². The van der Waals surface area contributed by atoms with Crippen LogP contribution < -0.4 is 10.6 Å². The van der Waals surface area contributed by atoms with Crippen molar-refractivity contribution in [3.63, 3.8) is 0 Å². The summed E-state index contributed by atoms with van der Waals surface area (Å²) in [5, 5.41) is 35.6. The number of aliphatic imine (C=N–C) groups is 1. The molecular weight excluding hydrogens is 418 g/mol. The van der Waals surface area contributed by atoms with Gasteiger partial charge in [-0.25, -0.2) is 0 Å². The van der Waals surface area contributed by atoms with Gasteiger partial charge in [-0.3, -0.25) is 19.2 Å². The molecule has 10 nitrogen and oxygen atoms in total. The van der Waals surface area contributed by atoms with Crippen LogP contribution in [0.15, 0.2) is 16.3 Å². The van der Waals surface area contributed by atoms with E-state index in [2.05, 4.69) is 10.3 Å². The summed E-state index contributed by atoms with van der Waals surface area (Å²) in [4.78, 5) is 52.8. The molecule has 0 radical (unpaired) electrons. The van der Waals surface area contributed by atoms with Crippen molar-refractivity contribution in [2.45, 2.75) is 76.7 Å². The maximum Gasteiger partial charge on any atom is 0.322 e. The molecule has 0 aromatic heterocycles. The lowest BCUT2D eigenvalue weighted by atomic mass is 9.70. The molecule has 0 spiro atoms. The van der Waals surface area contributed by atoms with Crippen LogP contribution in [-0.4, -0.2) is 57.5 Å². The fourth-order valence-corrected chi connectivity index (χ4v) is 4.99. The lowest BCUT2D eigenvalue weighted by Crippen LogP contribution is -2.55. The van der Waals surface area contributed by atoms with Crippen LogP contribution in [0, 0.1) is 11.3 Å². The van der Waals surface area contributed by atoms with Crippen molar-refractivity contribution in [3.8, 4) is 0 Å². The van der Waals surface area contributed by atoms with Crippen LogP contribution in [0.25, 0.3) is 0 Å². The Bertz CT molecular complexity index is 838. The third-order valence-electron chi connectivity index (χ3n) is 6.72. The molecule has 0 aromatic rings. The first-order valence-corrected chi connectivity index (χ1v) is 11.3. The van der Waals surface area contributed by atoms with E-state index in [1.165, 1.54) is 0 Å². The molecule has 10 heteroatoms. The topological polar surface area (TPSA) is 165 Å². The Morgan fingerprint density at radius 2 is 1.56 bits per heavy atom. The van der Waals surface area contributed by atoms with Crippen LogP contribution in [0.3, 0.4) is 0 Å². The van der Waals surface area contributed by atoms with Crippen LogP contribution >= 0.6 is 0 Å². The predicted octanol–water partition coefficient (Wildman–Crippen LogP) is 1.90. The molecule has 1 unspecified atom stereocenters. The first-order chi connectivity index (χ1) is 15.3. The lowest BCUT2D eigenvalue weighted by Gasteiger charge is -2.38. The first-order valence-electron chi connectivity index (χ1n) is 11.3. The van der Waals surface area contributed by atoms with Gasteiger partial charge in [0.1, 0.15) is 17.9 Å². The number of carboxylic acid groups (broad SMARTS) is 1. The average molecular weight is 450 g/mol. The van der Waals surface area contributed by atoms with Gasteiger partial charge in [0.15, 0.2) is 5.41 Å². The van der Waals surface area contributed by atoms with Gasteiger partial charge in [-0.1, -0.05) is 51.4 Å². The highest BCUT2D eigenvalue weighted by atomic mass is 16.4.